The molecule has 0 fully saturated rings. The quantitative estimate of drug-likeness (QED) is 0.167. The number of nitrogens with zero attached hydrogens (tertiary/aromatic N) is 6. The second-order valence-corrected chi connectivity index (χ2v) is 22.2. The van der Waals surface area contributed by atoms with Gasteiger partial charge < -0.3 is 9.13 Å². The van der Waals surface area contributed by atoms with Crippen molar-refractivity contribution in [2.45, 2.75) is 38.5 Å². The molecule has 0 radical (unpaired) electrons. The van der Waals surface area contributed by atoms with Gasteiger partial charge >= 0.3 is 0 Å². The third-order valence-electron chi connectivity index (χ3n) is 17.1. The Bertz CT molecular complexity index is 4480. The number of benzene rings is 9. The average molecular weight is 999 g/mol. The Morgan fingerprint density at radius 2 is 0.654 bits per heavy atom. The summed E-state index contributed by atoms with van der Waals surface area (Å²) in [6.07, 6.45) is 3.69. The van der Waals surface area contributed by atoms with Crippen LogP contribution in [-0.2, 0) is 10.8 Å². The lowest BCUT2D eigenvalue weighted by Crippen LogP contribution is -2.27. The van der Waals surface area contributed by atoms with E-state index in [9.17, 15) is 0 Å². The Morgan fingerprint density at radius 3 is 1.01 bits per heavy atom. The van der Waals surface area contributed by atoms with E-state index in [1.54, 1.807) is 0 Å². The van der Waals surface area contributed by atoms with E-state index < -0.39 is 10.8 Å². The van der Waals surface area contributed by atoms with Gasteiger partial charge in [-0.3, -0.25) is 9.97 Å². The summed E-state index contributed by atoms with van der Waals surface area (Å²) >= 11 is 0. The summed E-state index contributed by atoms with van der Waals surface area (Å²) in [5.41, 5.74) is 24.9. The van der Waals surface area contributed by atoms with Gasteiger partial charge in [-0.25, -0.2) is 9.97 Å². The normalized spacial score (nSPS) is 13.8. The number of hydrogen-bond acceptors (Lipinski definition) is 4. The monoisotopic (exact) mass is 998 g/mol. The second kappa shape index (κ2) is 16.4. The zero-order valence-electron chi connectivity index (χ0n) is 43.6. The molecule has 0 saturated heterocycles. The van der Waals surface area contributed by atoms with Crippen LogP contribution in [0.2, 0.25) is 0 Å². The first kappa shape index (κ1) is 44.5. The molecule has 368 valence electrons. The number of aromatic nitrogens is 6. The van der Waals surface area contributed by atoms with Crippen LogP contribution in [0.4, 0.5) is 0 Å². The molecule has 0 bridgehead atoms. The van der Waals surface area contributed by atoms with E-state index in [1.165, 1.54) is 55.5 Å². The largest absolute Gasteiger partial charge is 0.306 e. The molecule has 0 saturated carbocycles. The maximum atomic E-state index is 5.99. The second-order valence-electron chi connectivity index (χ2n) is 22.2. The van der Waals surface area contributed by atoms with Gasteiger partial charge in [0.1, 0.15) is 22.4 Å². The highest BCUT2D eigenvalue weighted by atomic mass is 15.1. The van der Waals surface area contributed by atoms with Gasteiger partial charge in [-0.05, 0) is 140 Å². The van der Waals surface area contributed by atoms with Crippen LogP contribution >= 0.6 is 0 Å². The van der Waals surface area contributed by atoms with Gasteiger partial charge in [0, 0.05) is 44.8 Å². The molecular formula is C72H50N6. The highest BCUT2D eigenvalue weighted by Crippen LogP contribution is 2.57. The minimum Gasteiger partial charge on any atom is -0.306 e. The average Bonchev–Trinajstić information content (AvgIpc) is 4.23. The first-order valence-corrected chi connectivity index (χ1v) is 27.0. The van der Waals surface area contributed by atoms with Gasteiger partial charge in [0.25, 0.3) is 0 Å². The van der Waals surface area contributed by atoms with E-state index in [0.29, 0.717) is 11.4 Å². The predicted molar refractivity (Wildman–Crippen MR) is 321 cm³/mol. The molecule has 0 aliphatic carbocycles. The molecule has 9 aromatic carbocycles. The topological polar surface area (TPSA) is 61.4 Å². The van der Waals surface area contributed by atoms with Gasteiger partial charge in [-0.15, -0.1) is 0 Å². The standard InChI is InChI=1S/C72H50N6/c1-71(2)53-39-47(43-21-9-5-10-22-43)31-33-59(53)77-67-51(37-49(41-55(67)71)45-25-13-7-14-26-45)61-65-66(76-64(58-30-18-20-36-74-58)63(75-65)57-29-17-19-35-73-57)62-52-38-50(46-27-15-8-16-28-46)42-56-68(52)78(70(62)69(61)77)60-34-32-48(40-54(60)72(56,3)4)44-23-11-6-12-24-44/h5-42H,1-4H3. The molecule has 0 amide bonds. The molecule has 5 aromatic heterocycles. The minimum atomic E-state index is -0.417. The number of hydrogen-bond donors (Lipinski definition) is 0. The van der Waals surface area contributed by atoms with Gasteiger partial charge in [-0.1, -0.05) is 173 Å². The van der Waals surface area contributed by atoms with Gasteiger partial charge in [0.05, 0.1) is 44.8 Å². The fourth-order valence-corrected chi connectivity index (χ4v) is 13.3. The van der Waals surface area contributed by atoms with E-state index in [4.69, 9.17) is 19.9 Å². The molecule has 0 unspecified atom stereocenters. The summed E-state index contributed by atoms with van der Waals surface area (Å²) in [5.74, 6) is 0. The molecule has 0 N–H and O–H groups in total. The maximum absolute atomic E-state index is 5.99. The molecule has 14 aromatic rings. The minimum absolute atomic E-state index is 0.417. The predicted octanol–water partition coefficient (Wildman–Crippen LogP) is 17.9. The summed E-state index contributed by atoms with van der Waals surface area (Å²) < 4.78 is 5.22. The lowest BCUT2D eigenvalue weighted by Gasteiger charge is -2.36. The zero-order chi connectivity index (χ0) is 52.0. The molecule has 7 heterocycles. The smallest absolute Gasteiger partial charge is 0.117 e. The van der Waals surface area contributed by atoms with Crippen LogP contribution in [0.5, 0.6) is 0 Å². The van der Waals surface area contributed by atoms with Crippen LogP contribution in [0.25, 0.3) is 133 Å². The van der Waals surface area contributed by atoms with E-state index >= 15 is 0 Å². The van der Waals surface area contributed by atoms with E-state index in [0.717, 1.165) is 88.6 Å². The number of fused-ring (bicyclic) bond motifs is 14. The molecule has 16 rings (SSSR count). The first-order valence-electron chi connectivity index (χ1n) is 27.0. The van der Waals surface area contributed by atoms with Crippen LogP contribution in [0.15, 0.2) is 231 Å². The highest BCUT2D eigenvalue weighted by molar-refractivity contribution is 6.36. The number of pyridine rings is 2. The van der Waals surface area contributed by atoms with Gasteiger partial charge in [0.2, 0.25) is 0 Å². The maximum Gasteiger partial charge on any atom is 0.117 e. The molecular weight excluding hydrogens is 949 g/mol. The molecule has 0 spiro atoms. The van der Waals surface area contributed by atoms with E-state index in [2.05, 4.69) is 219 Å². The lowest BCUT2D eigenvalue weighted by atomic mass is 9.73. The van der Waals surface area contributed by atoms with Crippen molar-refractivity contribution in [1.82, 2.24) is 29.1 Å². The molecule has 78 heavy (non-hydrogen) atoms. The van der Waals surface area contributed by atoms with Crippen molar-refractivity contribution >= 4 is 54.6 Å². The van der Waals surface area contributed by atoms with Crippen LogP contribution in [0, 0.1) is 0 Å². The van der Waals surface area contributed by atoms with E-state index in [-0.39, 0.29) is 0 Å². The third-order valence-corrected chi connectivity index (χ3v) is 17.1. The Morgan fingerprint density at radius 1 is 0.308 bits per heavy atom. The van der Waals surface area contributed by atoms with Crippen LogP contribution in [0.1, 0.15) is 49.9 Å². The number of rotatable bonds is 6. The zero-order valence-corrected chi connectivity index (χ0v) is 43.6. The van der Waals surface area contributed by atoms with Gasteiger partial charge in [0.15, 0.2) is 0 Å². The third kappa shape index (κ3) is 6.25. The summed E-state index contributed by atoms with van der Waals surface area (Å²) in [5, 5.41) is 4.36. The Hall–Kier alpha value is -9.78. The summed E-state index contributed by atoms with van der Waals surface area (Å²) in [6, 6.07) is 79.4. The molecule has 0 atom stereocenters. The van der Waals surface area contributed by atoms with Crippen molar-refractivity contribution in [3.05, 3.63) is 253 Å². The Labute approximate surface area is 451 Å². The first-order chi connectivity index (χ1) is 38.2. The Balaban J connectivity index is 1.19. The molecule has 6 heteroatoms. The summed E-state index contributed by atoms with van der Waals surface area (Å²) in [7, 11) is 0. The van der Waals surface area contributed by atoms with Crippen molar-refractivity contribution in [1.29, 1.82) is 0 Å². The van der Waals surface area contributed by atoms with Crippen LogP contribution in [0.3, 0.4) is 0 Å². The van der Waals surface area contributed by atoms with Crippen molar-refractivity contribution < 1.29 is 0 Å². The fraction of sp³-hybridized carbons (Fsp3) is 0.0833. The fourth-order valence-electron chi connectivity index (χ4n) is 13.3. The van der Waals surface area contributed by atoms with E-state index in [1.807, 2.05) is 48.8 Å². The van der Waals surface area contributed by atoms with Crippen molar-refractivity contribution in [2.75, 3.05) is 0 Å². The highest BCUT2D eigenvalue weighted by Gasteiger charge is 2.41. The summed E-state index contributed by atoms with van der Waals surface area (Å²) in [4.78, 5) is 22.0. The SMILES string of the molecule is CC1(C)c2cc(-c3ccccc3)ccc2-n2c3c1cc(-c1ccccc1)cc3c1c3nc(-c4ccccn4)c(-c4ccccn4)nc3c3c4cc(-c5ccccc5)cc5c4n(c3c12)-c1ccc(-c2ccccc2)cc1C5(C)C. The summed E-state index contributed by atoms with van der Waals surface area (Å²) in [6.45, 7) is 9.64. The molecule has 6 nitrogen and oxygen atoms in total. The lowest BCUT2D eigenvalue weighted by molar-refractivity contribution is 0.629. The molecule has 2 aliphatic heterocycles. The van der Waals surface area contributed by atoms with Crippen LogP contribution in [-0.4, -0.2) is 29.1 Å². The Kier molecular flexibility index (Phi) is 9.34. The van der Waals surface area contributed by atoms with Crippen LogP contribution < -0.4 is 0 Å². The van der Waals surface area contributed by atoms with Crippen molar-refractivity contribution in [3.63, 3.8) is 0 Å². The van der Waals surface area contributed by atoms with Crippen molar-refractivity contribution in [2.24, 2.45) is 0 Å². The molecule has 2 aliphatic rings. The van der Waals surface area contributed by atoms with Gasteiger partial charge in [-0.2, -0.15) is 0 Å². The van der Waals surface area contributed by atoms with Crippen molar-refractivity contribution in [3.8, 4) is 78.7 Å².